The van der Waals surface area contributed by atoms with E-state index in [4.69, 9.17) is 23.8 Å². The van der Waals surface area contributed by atoms with Gasteiger partial charge in [0.2, 0.25) is 0 Å². The Balaban J connectivity index is 1.63. The molecule has 5 rings (SSSR count). The highest BCUT2D eigenvalue weighted by molar-refractivity contribution is 8.26. The number of aryl methyl sites for hydroxylation is 1. The Bertz CT molecular complexity index is 1420. The van der Waals surface area contributed by atoms with E-state index in [1.165, 1.54) is 24.6 Å². The molecule has 0 aliphatic carbocycles. The quantitative estimate of drug-likeness (QED) is 0.276. The molecule has 2 aliphatic rings. The predicted octanol–water partition coefficient (Wildman–Crippen LogP) is 6.46. The lowest BCUT2D eigenvalue weighted by molar-refractivity contribution is -0.122. The normalized spacial score (nSPS) is 17.9. The summed E-state index contributed by atoms with van der Waals surface area (Å²) >= 11 is 13.2. The van der Waals surface area contributed by atoms with Gasteiger partial charge in [0.25, 0.3) is 11.5 Å². The molecule has 8 heteroatoms. The second kappa shape index (κ2) is 10.8. The summed E-state index contributed by atoms with van der Waals surface area (Å²) in [5.41, 5.74) is 3.18. The summed E-state index contributed by atoms with van der Waals surface area (Å²) in [4.78, 5) is 31.7. The summed E-state index contributed by atoms with van der Waals surface area (Å²) in [6.45, 7) is 4.62. The Hall–Kier alpha value is -2.61. The van der Waals surface area contributed by atoms with Crippen LogP contribution in [0.5, 0.6) is 0 Å². The van der Waals surface area contributed by atoms with Crippen molar-refractivity contribution in [3.05, 3.63) is 79.9 Å². The zero-order valence-electron chi connectivity index (χ0n) is 20.2. The molecule has 36 heavy (non-hydrogen) atoms. The summed E-state index contributed by atoms with van der Waals surface area (Å²) < 4.78 is 2.27. The van der Waals surface area contributed by atoms with Gasteiger partial charge in [0.05, 0.1) is 28.2 Å². The molecule has 3 heterocycles. The van der Waals surface area contributed by atoms with Crippen molar-refractivity contribution in [1.29, 1.82) is 0 Å². The fourth-order valence-electron chi connectivity index (χ4n) is 5.05. The summed E-state index contributed by atoms with van der Waals surface area (Å²) in [6.07, 6.45) is 6.33. The van der Waals surface area contributed by atoms with E-state index in [9.17, 15) is 9.59 Å². The molecule has 2 aromatic carbocycles. The highest BCUT2D eigenvalue weighted by Crippen LogP contribution is 2.37. The fraction of sp³-hybridized carbons (Fsp3) is 0.321. The standard InChI is InChI=1S/C28H28ClN3O2S2/c1-2-31-23-14-8-6-12-20(23)25(30-15-9-3-4-10-16-30)21(26(31)33)17-24-27(34)32(28(35)36-24)18-19-11-5-7-13-22(19)29/h5-8,11-14,17H,2-4,9-10,15-16,18H2,1H3. The van der Waals surface area contributed by atoms with E-state index in [1.807, 2.05) is 43.3 Å². The van der Waals surface area contributed by atoms with Crippen LogP contribution in [0.15, 0.2) is 58.2 Å². The molecule has 0 unspecified atom stereocenters. The molecule has 2 saturated heterocycles. The van der Waals surface area contributed by atoms with Gasteiger partial charge in [-0.1, -0.05) is 84.8 Å². The smallest absolute Gasteiger partial charge is 0.266 e. The Morgan fingerprint density at radius 2 is 1.69 bits per heavy atom. The third kappa shape index (κ3) is 4.72. The number of carbonyl (C=O) groups excluding carboxylic acids is 1. The summed E-state index contributed by atoms with van der Waals surface area (Å²) in [5.74, 6) is -0.192. The number of fused-ring (bicyclic) bond motifs is 1. The van der Waals surface area contributed by atoms with Crippen molar-refractivity contribution in [2.45, 2.75) is 45.7 Å². The molecular weight excluding hydrogens is 510 g/mol. The van der Waals surface area contributed by atoms with Crippen molar-refractivity contribution in [3.8, 4) is 0 Å². The number of thioether (sulfide) groups is 1. The Morgan fingerprint density at radius 3 is 2.42 bits per heavy atom. The molecular formula is C28H28ClN3O2S2. The van der Waals surface area contributed by atoms with Gasteiger partial charge in [-0.15, -0.1) is 0 Å². The molecule has 5 nitrogen and oxygen atoms in total. The van der Waals surface area contributed by atoms with Gasteiger partial charge in [-0.2, -0.15) is 0 Å². The number of thiocarbonyl (C=S) groups is 1. The van der Waals surface area contributed by atoms with Gasteiger partial charge in [0.15, 0.2) is 0 Å². The van der Waals surface area contributed by atoms with E-state index in [0.29, 0.717) is 32.9 Å². The minimum Gasteiger partial charge on any atom is -0.370 e. The molecule has 0 bridgehead atoms. The third-order valence-electron chi connectivity index (χ3n) is 6.85. The van der Waals surface area contributed by atoms with Gasteiger partial charge >= 0.3 is 0 Å². The topological polar surface area (TPSA) is 45.6 Å². The summed E-state index contributed by atoms with van der Waals surface area (Å²) in [7, 11) is 0. The molecule has 0 N–H and O–H groups in total. The van der Waals surface area contributed by atoms with E-state index in [2.05, 4.69) is 11.0 Å². The summed E-state index contributed by atoms with van der Waals surface area (Å²) in [6, 6.07) is 15.5. The van der Waals surface area contributed by atoms with Crippen LogP contribution in [0, 0.1) is 0 Å². The van der Waals surface area contributed by atoms with Gasteiger partial charge in [-0.3, -0.25) is 14.5 Å². The fourth-order valence-corrected chi connectivity index (χ4v) is 6.49. The van der Waals surface area contributed by atoms with Crippen molar-refractivity contribution >= 4 is 68.5 Å². The molecule has 3 aromatic rings. The van der Waals surface area contributed by atoms with Gasteiger partial charge in [-0.05, 0) is 43.5 Å². The van der Waals surface area contributed by atoms with Crippen LogP contribution >= 0.6 is 35.6 Å². The van der Waals surface area contributed by atoms with Crippen molar-refractivity contribution in [2.24, 2.45) is 0 Å². The number of nitrogens with zero attached hydrogens (tertiary/aromatic N) is 3. The molecule has 0 radical (unpaired) electrons. The van der Waals surface area contributed by atoms with Gasteiger partial charge < -0.3 is 9.47 Å². The number of aromatic nitrogens is 1. The number of para-hydroxylation sites is 1. The van der Waals surface area contributed by atoms with E-state index in [-0.39, 0.29) is 11.5 Å². The molecule has 0 atom stereocenters. The van der Waals surface area contributed by atoms with Gasteiger partial charge in [0, 0.05) is 30.0 Å². The largest absolute Gasteiger partial charge is 0.370 e. The van der Waals surface area contributed by atoms with Crippen LogP contribution in [0.25, 0.3) is 17.0 Å². The number of benzene rings is 2. The number of carbonyl (C=O) groups is 1. The van der Waals surface area contributed by atoms with Crippen LogP contribution in [0.2, 0.25) is 5.02 Å². The van der Waals surface area contributed by atoms with Crippen LogP contribution in [-0.2, 0) is 17.9 Å². The second-order valence-electron chi connectivity index (χ2n) is 9.09. The van der Waals surface area contributed by atoms with E-state index in [0.717, 1.165) is 48.1 Å². The number of pyridine rings is 1. The first-order valence-electron chi connectivity index (χ1n) is 12.4. The SMILES string of the molecule is CCn1c(=O)c(C=C2SC(=S)N(Cc3ccccc3Cl)C2=O)c(N2CCCCCC2)c2ccccc21. The Kier molecular flexibility index (Phi) is 7.51. The minimum absolute atomic E-state index is 0.0770. The van der Waals surface area contributed by atoms with E-state index >= 15 is 0 Å². The molecule has 2 fully saturated rings. The lowest BCUT2D eigenvalue weighted by Gasteiger charge is -2.27. The first kappa shape index (κ1) is 25.1. The number of rotatable bonds is 5. The number of hydrogen-bond donors (Lipinski definition) is 0. The van der Waals surface area contributed by atoms with Crippen molar-refractivity contribution in [3.63, 3.8) is 0 Å². The van der Waals surface area contributed by atoms with E-state index in [1.54, 1.807) is 21.6 Å². The molecule has 0 saturated carbocycles. The maximum atomic E-state index is 13.9. The number of amides is 1. The predicted molar refractivity (Wildman–Crippen MR) is 155 cm³/mol. The number of hydrogen-bond acceptors (Lipinski definition) is 5. The molecule has 1 aromatic heterocycles. The highest BCUT2D eigenvalue weighted by atomic mass is 35.5. The van der Waals surface area contributed by atoms with Crippen molar-refractivity contribution in [2.75, 3.05) is 18.0 Å². The van der Waals surface area contributed by atoms with Gasteiger partial charge in [-0.25, -0.2) is 0 Å². The van der Waals surface area contributed by atoms with Crippen molar-refractivity contribution < 1.29 is 4.79 Å². The first-order valence-corrected chi connectivity index (χ1v) is 14.0. The number of anilines is 1. The summed E-state index contributed by atoms with van der Waals surface area (Å²) in [5, 5.41) is 1.64. The van der Waals surface area contributed by atoms with Crippen LogP contribution in [0.4, 0.5) is 5.69 Å². The van der Waals surface area contributed by atoms with Gasteiger partial charge in [0.1, 0.15) is 4.32 Å². The second-order valence-corrected chi connectivity index (χ2v) is 11.2. The van der Waals surface area contributed by atoms with Crippen LogP contribution < -0.4 is 10.5 Å². The number of halogens is 1. The molecule has 2 aliphatic heterocycles. The van der Waals surface area contributed by atoms with Crippen LogP contribution in [-0.4, -0.2) is 32.8 Å². The highest BCUT2D eigenvalue weighted by Gasteiger charge is 2.33. The average molecular weight is 538 g/mol. The Labute approximate surface area is 225 Å². The lowest BCUT2D eigenvalue weighted by atomic mass is 10.1. The molecule has 186 valence electrons. The zero-order valence-corrected chi connectivity index (χ0v) is 22.6. The molecule has 0 spiro atoms. The first-order chi connectivity index (χ1) is 17.5. The van der Waals surface area contributed by atoms with Crippen molar-refractivity contribution in [1.82, 2.24) is 9.47 Å². The third-order valence-corrected chi connectivity index (χ3v) is 8.60. The Morgan fingerprint density at radius 1 is 1.00 bits per heavy atom. The lowest BCUT2D eigenvalue weighted by Crippen LogP contribution is -2.31. The minimum atomic E-state index is -0.192. The van der Waals surface area contributed by atoms with E-state index < -0.39 is 0 Å². The molecule has 1 amide bonds. The zero-order chi connectivity index (χ0) is 25.2. The van der Waals surface area contributed by atoms with Crippen LogP contribution in [0.1, 0.15) is 43.7 Å². The average Bonchev–Trinajstić information content (AvgIpc) is 3.05. The maximum absolute atomic E-state index is 13.9. The maximum Gasteiger partial charge on any atom is 0.266 e. The monoisotopic (exact) mass is 537 g/mol. The van der Waals surface area contributed by atoms with Crippen LogP contribution in [0.3, 0.4) is 0 Å².